The van der Waals surface area contributed by atoms with E-state index in [9.17, 15) is 4.39 Å². The minimum Gasteiger partial charge on any atom is -0.431 e. The van der Waals surface area contributed by atoms with E-state index in [2.05, 4.69) is 6.07 Å². The molecule has 0 aromatic heterocycles. The largest absolute Gasteiger partial charge is 0.431 e. The van der Waals surface area contributed by atoms with Crippen LogP contribution in [-0.4, -0.2) is 24.2 Å². The van der Waals surface area contributed by atoms with Gasteiger partial charge in [-0.15, -0.1) is 0 Å². The summed E-state index contributed by atoms with van der Waals surface area (Å²) in [6.07, 6.45) is 0.602. The third kappa shape index (κ3) is 4.26. The van der Waals surface area contributed by atoms with E-state index in [-0.39, 0.29) is 5.82 Å². The highest BCUT2D eigenvalue weighted by atomic mass is 32.1. The highest BCUT2D eigenvalue weighted by Gasteiger charge is 2.10. The Labute approximate surface area is 130 Å². The molecule has 2 aromatic rings. The molecule has 0 unspecified atom stereocenters. The fourth-order valence-corrected chi connectivity index (χ4v) is 2.10. The smallest absolute Gasteiger partial charge is 0.264 e. The molecule has 0 bridgehead atoms. The fraction of sp³-hybridized carbons (Fsp3) is 0.235. The van der Waals surface area contributed by atoms with E-state index in [1.807, 2.05) is 39.2 Å². The van der Waals surface area contributed by atoms with Gasteiger partial charge in [0.25, 0.3) is 5.17 Å². The third-order valence-corrected chi connectivity index (χ3v) is 3.51. The molecule has 2 aromatic carbocycles. The number of rotatable bonds is 3. The first-order valence-electron chi connectivity index (χ1n) is 6.69. The maximum absolute atomic E-state index is 13.5. The molecule has 0 saturated heterocycles. The van der Waals surface area contributed by atoms with E-state index < -0.39 is 0 Å². The number of benzene rings is 2. The molecule has 0 amide bonds. The summed E-state index contributed by atoms with van der Waals surface area (Å²) in [4.78, 5) is 1.70. The average molecular weight is 303 g/mol. The minimum absolute atomic E-state index is 0.277. The maximum atomic E-state index is 13.5. The number of nitrogens with zero attached hydrogens (tertiary/aromatic N) is 1. The molecule has 2 nitrogen and oxygen atoms in total. The van der Waals surface area contributed by atoms with Crippen LogP contribution in [0.2, 0.25) is 0 Å². The topological polar surface area (TPSA) is 12.5 Å². The molecule has 0 aliphatic heterocycles. The van der Waals surface area contributed by atoms with Crippen LogP contribution in [0.5, 0.6) is 5.75 Å². The monoisotopic (exact) mass is 303 g/mol. The van der Waals surface area contributed by atoms with Crippen LogP contribution in [0, 0.1) is 12.7 Å². The number of hydrogen-bond acceptors (Lipinski definition) is 2. The summed E-state index contributed by atoms with van der Waals surface area (Å²) in [5.41, 5.74) is 3.07. The van der Waals surface area contributed by atoms with Gasteiger partial charge in [0, 0.05) is 26.1 Å². The van der Waals surface area contributed by atoms with Gasteiger partial charge in [-0.05, 0) is 42.9 Å². The Morgan fingerprint density at radius 1 is 1.19 bits per heavy atom. The summed E-state index contributed by atoms with van der Waals surface area (Å²) >= 11 is 5.15. The second-order valence-electron chi connectivity index (χ2n) is 5.18. The van der Waals surface area contributed by atoms with Crippen LogP contribution in [0.25, 0.3) is 0 Å². The number of ether oxygens (including phenoxy) is 1. The van der Waals surface area contributed by atoms with Crippen LogP contribution < -0.4 is 4.74 Å². The second kappa shape index (κ2) is 6.68. The predicted molar refractivity (Wildman–Crippen MR) is 87.3 cm³/mol. The Balaban J connectivity index is 2.29. The molecule has 0 saturated carbocycles. The van der Waals surface area contributed by atoms with E-state index in [0.29, 0.717) is 17.3 Å². The summed E-state index contributed by atoms with van der Waals surface area (Å²) in [5, 5.41) is 0.354. The van der Waals surface area contributed by atoms with Crippen molar-refractivity contribution in [3.63, 3.8) is 0 Å². The lowest BCUT2D eigenvalue weighted by atomic mass is 10.0. The van der Waals surface area contributed by atoms with Crippen molar-refractivity contribution < 1.29 is 9.13 Å². The molecule has 0 aliphatic carbocycles. The molecule has 0 atom stereocenters. The Morgan fingerprint density at radius 2 is 1.95 bits per heavy atom. The third-order valence-electron chi connectivity index (χ3n) is 3.06. The molecule has 0 spiro atoms. The van der Waals surface area contributed by atoms with Crippen LogP contribution in [0.4, 0.5) is 4.39 Å². The zero-order valence-electron chi connectivity index (χ0n) is 12.4. The number of thiocarbonyl (C=S) groups is 1. The maximum Gasteiger partial charge on any atom is 0.264 e. The van der Waals surface area contributed by atoms with Crippen LogP contribution in [0.15, 0.2) is 42.5 Å². The van der Waals surface area contributed by atoms with Crippen LogP contribution >= 0.6 is 12.2 Å². The van der Waals surface area contributed by atoms with Gasteiger partial charge in [0.15, 0.2) is 0 Å². The zero-order chi connectivity index (χ0) is 15.4. The van der Waals surface area contributed by atoms with E-state index in [1.165, 1.54) is 17.7 Å². The lowest BCUT2D eigenvalue weighted by Crippen LogP contribution is -2.25. The number of hydrogen-bond donors (Lipinski definition) is 0. The van der Waals surface area contributed by atoms with Gasteiger partial charge in [-0.2, -0.15) is 0 Å². The van der Waals surface area contributed by atoms with Crippen molar-refractivity contribution >= 4 is 17.4 Å². The lowest BCUT2D eigenvalue weighted by Gasteiger charge is -2.16. The summed E-state index contributed by atoms with van der Waals surface area (Å²) in [6.45, 7) is 2.04. The average Bonchev–Trinajstić information content (AvgIpc) is 2.41. The van der Waals surface area contributed by atoms with Crippen LogP contribution in [0.3, 0.4) is 0 Å². The molecule has 2 rings (SSSR count). The van der Waals surface area contributed by atoms with Crippen molar-refractivity contribution in [2.45, 2.75) is 13.3 Å². The van der Waals surface area contributed by atoms with Gasteiger partial charge in [-0.1, -0.05) is 29.8 Å². The van der Waals surface area contributed by atoms with Gasteiger partial charge in [0.2, 0.25) is 0 Å². The van der Waals surface area contributed by atoms with Gasteiger partial charge in [-0.3, -0.25) is 0 Å². The Hall–Kier alpha value is -1.94. The number of aryl methyl sites for hydroxylation is 1. The number of halogens is 1. The Morgan fingerprint density at radius 3 is 2.62 bits per heavy atom. The molecular weight excluding hydrogens is 285 g/mol. The molecule has 0 radical (unpaired) electrons. The highest BCUT2D eigenvalue weighted by molar-refractivity contribution is 7.80. The van der Waals surface area contributed by atoms with Crippen molar-refractivity contribution in [1.82, 2.24) is 4.90 Å². The summed E-state index contributed by atoms with van der Waals surface area (Å²) in [7, 11) is 3.62. The van der Waals surface area contributed by atoms with E-state index in [1.54, 1.807) is 11.0 Å². The minimum atomic E-state index is -0.277. The molecule has 21 heavy (non-hydrogen) atoms. The van der Waals surface area contributed by atoms with E-state index >= 15 is 0 Å². The first kappa shape index (κ1) is 15.4. The molecule has 4 heteroatoms. The van der Waals surface area contributed by atoms with Gasteiger partial charge in [0.1, 0.15) is 11.6 Å². The Kier molecular flexibility index (Phi) is 4.91. The van der Waals surface area contributed by atoms with Gasteiger partial charge < -0.3 is 9.64 Å². The molecule has 0 aliphatic rings. The van der Waals surface area contributed by atoms with Gasteiger partial charge >= 0.3 is 0 Å². The van der Waals surface area contributed by atoms with E-state index in [0.717, 1.165) is 11.1 Å². The zero-order valence-corrected chi connectivity index (χ0v) is 13.2. The molecule has 0 fully saturated rings. The molecule has 0 heterocycles. The van der Waals surface area contributed by atoms with Crippen molar-refractivity contribution in [2.24, 2.45) is 0 Å². The first-order chi connectivity index (χ1) is 9.95. The molecular formula is C17H18FNOS. The first-order valence-corrected chi connectivity index (χ1v) is 7.09. The van der Waals surface area contributed by atoms with Crippen molar-refractivity contribution in [3.8, 4) is 5.75 Å². The lowest BCUT2D eigenvalue weighted by molar-refractivity contribution is 0.445. The quantitative estimate of drug-likeness (QED) is 0.797. The van der Waals surface area contributed by atoms with Crippen LogP contribution in [-0.2, 0) is 6.42 Å². The SMILES string of the molecule is Cc1cccc(Cc2cc(F)ccc2OC(=S)N(C)C)c1. The summed E-state index contributed by atoms with van der Waals surface area (Å²) < 4.78 is 19.2. The molecule has 0 N–H and O–H groups in total. The normalized spacial score (nSPS) is 10.3. The fourth-order valence-electron chi connectivity index (χ4n) is 2.01. The standard InChI is InChI=1S/C17H18FNOS/c1-12-5-4-6-13(9-12)10-14-11-15(18)7-8-16(14)20-17(21)19(2)3/h4-9,11H,10H2,1-3H3. The van der Waals surface area contributed by atoms with Crippen molar-refractivity contribution in [3.05, 3.63) is 65.0 Å². The Bertz CT molecular complexity index is 655. The predicted octanol–water partition coefficient (Wildman–Crippen LogP) is 3.95. The summed E-state index contributed by atoms with van der Waals surface area (Å²) in [5.74, 6) is 0.317. The second-order valence-corrected chi connectivity index (χ2v) is 5.53. The van der Waals surface area contributed by atoms with Gasteiger partial charge in [0.05, 0.1) is 0 Å². The highest BCUT2D eigenvalue weighted by Crippen LogP contribution is 2.24. The van der Waals surface area contributed by atoms with Crippen molar-refractivity contribution in [1.29, 1.82) is 0 Å². The van der Waals surface area contributed by atoms with Crippen molar-refractivity contribution in [2.75, 3.05) is 14.1 Å². The van der Waals surface area contributed by atoms with Crippen LogP contribution in [0.1, 0.15) is 16.7 Å². The molecule has 110 valence electrons. The van der Waals surface area contributed by atoms with Gasteiger partial charge in [-0.25, -0.2) is 4.39 Å². The summed E-state index contributed by atoms with van der Waals surface area (Å²) in [6, 6.07) is 12.6. The van der Waals surface area contributed by atoms with E-state index in [4.69, 9.17) is 17.0 Å².